The second-order valence-corrected chi connectivity index (χ2v) is 35.7. The summed E-state index contributed by atoms with van der Waals surface area (Å²) in [6.45, 7) is 27.4. The number of rotatable bonds is 20. The van der Waals surface area contributed by atoms with Gasteiger partial charge in [0.15, 0.2) is 0 Å². The molecule has 5 rings (SSSR count). The summed E-state index contributed by atoms with van der Waals surface area (Å²) in [5, 5.41) is 4.31. The van der Waals surface area contributed by atoms with Crippen LogP contribution in [0.3, 0.4) is 0 Å². The molecule has 8 heteroatoms. The van der Waals surface area contributed by atoms with E-state index in [9.17, 15) is 0 Å². The fraction of sp³-hybridized carbons (Fsp3) is 0.444. The van der Waals surface area contributed by atoms with Gasteiger partial charge in [-0.25, -0.2) is 0 Å². The summed E-state index contributed by atoms with van der Waals surface area (Å²) in [7, 11) is -8.10. The Morgan fingerprint density at radius 3 is 0.661 bits per heavy atom. The molecule has 0 N–H and O–H groups in total. The van der Waals surface area contributed by atoms with Crippen LogP contribution in [-0.2, 0) is 0 Å². The van der Waals surface area contributed by atoms with Crippen LogP contribution in [0.1, 0.15) is 105 Å². The van der Waals surface area contributed by atoms with Crippen molar-refractivity contribution in [2.24, 2.45) is 0 Å². The fourth-order valence-electron chi connectivity index (χ4n) is 9.06. The van der Waals surface area contributed by atoms with Crippen molar-refractivity contribution in [1.29, 1.82) is 0 Å². The molecule has 0 radical (unpaired) electrons. The molecule has 0 spiro atoms. The molecule has 0 saturated heterocycles. The van der Waals surface area contributed by atoms with Crippen LogP contribution in [0.2, 0.25) is 72.5 Å². The van der Waals surface area contributed by atoms with E-state index in [4.69, 9.17) is 17.7 Å². The summed E-state index contributed by atoms with van der Waals surface area (Å²) in [6.07, 6.45) is 0. The molecule has 4 nitrogen and oxygen atoms in total. The van der Waals surface area contributed by atoms with Crippen LogP contribution in [0.5, 0.6) is 23.0 Å². The molecule has 0 fully saturated rings. The molecule has 5 aromatic rings. The lowest BCUT2D eigenvalue weighted by Crippen LogP contribution is -2.40. The zero-order valence-electron chi connectivity index (χ0n) is 40.2. The predicted octanol–water partition coefficient (Wildman–Crippen LogP) is 16.3. The maximum Gasteiger partial charge on any atom is 0.250 e. The zero-order valence-corrected chi connectivity index (χ0v) is 44.2. The lowest BCUT2D eigenvalue weighted by Gasteiger charge is -2.32. The number of hydrogen-bond acceptors (Lipinski definition) is 4. The Morgan fingerprint density at radius 1 is 0.274 bits per heavy atom. The average Bonchev–Trinajstić information content (AvgIpc) is 3.33. The molecule has 0 unspecified atom stereocenters. The molecule has 0 aliphatic rings. The molecule has 0 aliphatic heterocycles. The molecule has 0 atom stereocenters. The Hall–Kier alpha value is -4.19. The molecule has 330 valence electrons. The van der Waals surface area contributed by atoms with Gasteiger partial charge in [-0.2, -0.15) is 0 Å². The van der Waals surface area contributed by atoms with E-state index in [2.05, 4.69) is 192 Å². The Balaban J connectivity index is 1.79. The van der Waals surface area contributed by atoms with Crippen LogP contribution in [0.25, 0.3) is 21.5 Å². The third-order valence-electron chi connectivity index (χ3n) is 14.6. The first-order chi connectivity index (χ1) is 30.0. The van der Waals surface area contributed by atoms with Crippen LogP contribution >= 0.6 is 0 Å². The smallest absolute Gasteiger partial charge is 0.250 e. The van der Waals surface area contributed by atoms with E-state index in [1.54, 1.807) is 0 Å². The van der Waals surface area contributed by atoms with Crippen LogP contribution in [0.15, 0.2) is 84.9 Å². The summed E-state index contributed by atoms with van der Waals surface area (Å²) in [5.41, 5.74) is 3.70. The molecular formula is C54H74O4Si4. The van der Waals surface area contributed by atoms with E-state index in [1.807, 2.05) is 0 Å². The largest absolute Gasteiger partial charge is 0.543 e. The molecule has 0 amide bonds. The van der Waals surface area contributed by atoms with Gasteiger partial charge in [0.05, 0.1) is 0 Å². The topological polar surface area (TPSA) is 36.9 Å². The van der Waals surface area contributed by atoms with E-state index in [1.165, 1.54) is 0 Å². The first-order valence-electron chi connectivity index (χ1n) is 24.0. The van der Waals surface area contributed by atoms with Gasteiger partial charge >= 0.3 is 0 Å². The van der Waals surface area contributed by atoms with E-state index >= 15 is 0 Å². The Kier molecular flexibility index (Phi) is 17.3. The van der Waals surface area contributed by atoms with E-state index < -0.39 is 33.3 Å². The van der Waals surface area contributed by atoms with Crippen molar-refractivity contribution in [2.45, 2.75) is 156 Å². The van der Waals surface area contributed by atoms with E-state index in [-0.39, 0.29) is 0 Å². The summed E-state index contributed by atoms with van der Waals surface area (Å²) < 4.78 is 28.6. The first-order valence-corrected chi connectivity index (χ1v) is 34.1. The third kappa shape index (κ3) is 10.3. The molecule has 62 heavy (non-hydrogen) atoms. The van der Waals surface area contributed by atoms with Gasteiger partial charge in [-0.3, -0.25) is 0 Å². The first kappa shape index (κ1) is 48.8. The molecule has 0 saturated carbocycles. The highest BCUT2D eigenvalue weighted by Gasteiger charge is 2.36. The molecule has 5 aromatic carbocycles. The van der Waals surface area contributed by atoms with Crippen molar-refractivity contribution in [3.8, 4) is 46.7 Å². The maximum absolute atomic E-state index is 7.15. The quantitative estimate of drug-likeness (QED) is 0.0443. The van der Waals surface area contributed by atoms with Gasteiger partial charge in [-0.05, 0) is 118 Å². The maximum atomic E-state index is 7.15. The SMILES string of the molecule is CC[Si](CC)(CC)Oc1cccc(O[Si](CC)(CC)CC)c1C#Cc1c2ccccc2c(C#Cc2c(O[Si](CC)(CC)CC)cccc2O[Si](CC)(CC)CC)c2ccccc12. The minimum absolute atomic E-state index is 0.857. The third-order valence-corrected chi connectivity index (χ3v) is 32.6. The highest BCUT2D eigenvalue weighted by Crippen LogP contribution is 2.39. The fourth-order valence-corrected chi connectivity index (χ4v) is 19.3. The monoisotopic (exact) mass is 898 g/mol. The summed E-state index contributed by atoms with van der Waals surface area (Å²) in [4.78, 5) is 0. The van der Waals surface area contributed by atoms with Gasteiger partial charge in [-0.1, -0.05) is 167 Å². The zero-order chi connectivity index (χ0) is 45.0. The van der Waals surface area contributed by atoms with Crippen molar-refractivity contribution in [2.75, 3.05) is 0 Å². The van der Waals surface area contributed by atoms with Gasteiger partial charge in [-0.15, -0.1) is 0 Å². The minimum Gasteiger partial charge on any atom is -0.543 e. The highest BCUT2D eigenvalue weighted by atomic mass is 28.4. The van der Waals surface area contributed by atoms with Gasteiger partial charge in [0.25, 0.3) is 33.3 Å². The lowest BCUT2D eigenvalue weighted by molar-refractivity contribution is 0.506. The van der Waals surface area contributed by atoms with Crippen LogP contribution < -0.4 is 17.7 Å². The van der Waals surface area contributed by atoms with Crippen molar-refractivity contribution in [3.63, 3.8) is 0 Å². The Labute approximate surface area is 380 Å². The predicted molar refractivity (Wildman–Crippen MR) is 278 cm³/mol. The van der Waals surface area contributed by atoms with Crippen LogP contribution in [-0.4, -0.2) is 33.3 Å². The van der Waals surface area contributed by atoms with Crippen LogP contribution in [0.4, 0.5) is 0 Å². The second kappa shape index (κ2) is 21.9. The van der Waals surface area contributed by atoms with Gasteiger partial charge in [0.1, 0.15) is 34.1 Å². The van der Waals surface area contributed by atoms with E-state index in [0.29, 0.717) is 0 Å². The Bertz CT molecular complexity index is 2060. The number of hydrogen-bond donors (Lipinski definition) is 0. The summed E-state index contributed by atoms with van der Waals surface area (Å²) in [5.74, 6) is 18.4. The molecule has 0 aliphatic carbocycles. The molecule has 0 bridgehead atoms. The normalized spacial score (nSPS) is 12.1. The number of benzene rings is 5. The minimum atomic E-state index is -2.03. The number of fused-ring (bicyclic) bond motifs is 2. The second-order valence-electron chi connectivity index (χ2n) is 17.0. The standard InChI is InChI=1S/C54H74O4Si4/c1-13-59(14-2,15-3)55-51-35-29-36-52(56-60(16-4,17-5)18-6)49(51)41-39-47-43-31-25-27-33-45(43)48(46-34-28-26-32-44(46)47)40-42-50-53(57-61(19-7,20-8)21-9)37-30-38-54(50)58-62(22-10,23-11)24-12/h25-38H,13-24H2,1-12H3. The average molecular weight is 900 g/mol. The van der Waals surface area contributed by atoms with Crippen molar-refractivity contribution < 1.29 is 17.7 Å². The Morgan fingerprint density at radius 2 is 0.468 bits per heavy atom. The van der Waals surface area contributed by atoms with Gasteiger partial charge in [0.2, 0.25) is 0 Å². The van der Waals surface area contributed by atoms with Crippen molar-refractivity contribution in [1.82, 2.24) is 0 Å². The molecular weight excluding hydrogens is 825 g/mol. The highest BCUT2D eigenvalue weighted by molar-refractivity contribution is 6.75. The lowest BCUT2D eigenvalue weighted by atomic mass is 9.91. The van der Waals surface area contributed by atoms with Crippen molar-refractivity contribution in [3.05, 3.63) is 107 Å². The van der Waals surface area contributed by atoms with Gasteiger partial charge < -0.3 is 17.7 Å². The summed E-state index contributed by atoms with van der Waals surface area (Å²) >= 11 is 0. The van der Waals surface area contributed by atoms with E-state index in [0.717, 1.165) is 139 Å². The van der Waals surface area contributed by atoms with Crippen molar-refractivity contribution >= 4 is 54.8 Å². The van der Waals surface area contributed by atoms with Gasteiger partial charge in [0, 0.05) is 11.1 Å². The summed E-state index contributed by atoms with van der Waals surface area (Å²) in [6, 6.07) is 42.5. The molecule has 0 aromatic heterocycles. The van der Waals surface area contributed by atoms with Crippen LogP contribution in [0, 0.1) is 23.7 Å². The molecule has 0 heterocycles.